The van der Waals surface area contributed by atoms with E-state index in [0.717, 1.165) is 10.6 Å². The standard InChI is InChI=1S/C13H17N3O2S/c1-5-15(6-2)11(17)10-7-14-13-16(12(10)18)8(3)9(4)19-13/h7H,5-6H2,1-4H3. The van der Waals surface area contributed by atoms with E-state index in [1.54, 1.807) is 4.90 Å². The van der Waals surface area contributed by atoms with Gasteiger partial charge in [0, 0.05) is 29.9 Å². The molecule has 0 fully saturated rings. The highest BCUT2D eigenvalue weighted by Gasteiger charge is 2.19. The first-order valence-corrected chi connectivity index (χ1v) is 7.09. The van der Waals surface area contributed by atoms with Crippen LogP contribution in [0.5, 0.6) is 0 Å². The van der Waals surface area contributed by atoms with Gasteiger partial charge < -0.3 is 4.90 Å². The lowest BCUT2D eigenvalue weighted by molar-refractivity contribution is 0.0770. The Bertz CT molecular complexity index is 683. The van der Waals surface area contributed by atoms with Gasteiger partial charge >= 0.3 is 0 Å². The summed E-state index contributed by atoms with van der Waals surface area (Å²) >= 11 is 1.46. The van der Waals surface area contributed by atoms with Crippen molar-refractivity contribution in [3.63, 3.8) is 0 Å². The monoisotopic (exact) mass is 279 g/mol. The van der Waals surface area contributed by atoms with E-state index in [4.69, 9.17) is 0 Å². The summed E-state index contributed by atoms with van der Waals surface area (Å²) in [5.74, 6) is -0.250. The molecule has 102 valence electrons. The summed E-state index contributed by atoms with van der Waals surface area (Å²) in [5.41, 5.74) is 0.720. The molecule has 0 aliphatic rings. The number of nitrogens with zero attached hydrogens (tertiary/aromatic N) is 3. The molecule has 0 aromatic carbocycles. The third-order valence-corrected chi connectivity index (χ3v) is 4.37. The molecule has 5 nitrogen and oxygen atoms in total. The quantitative estimate of drug-likeness (QED) is 0.861. The number of thiazole rings is 1. The van der Waals surface area contributed by atoms with Gasteiger partial charge in [-0.3, -0.25) is 14.0 Å². The second kappa shape index (κ2) is 5.13. The number of carbonyl (C=O) groups is 1. The van der Waals surface area contributed by atoms with Gasteiger partial charge in [0.15, 0.2) is 4.96 Å². The molecule has 2 aromatic rings. The van der Waals surface area contributed by atoms with E-state index in [1.165, 1.54) is 21.9 Å². The fourth-order valence-electron chi connectivity index (χ4n) is 2.00. The van der Waals surface area contributed by atoms with Gasteiger partial charge in [-0.05, 0) is 27.7 Å². The molecule has 0 bridgehead atoms. The Morgan fingerprint density at radius 2 is 2.00 bits per heavy atom. The summed E-state index contributed by atoms with van der Waals surface area (Å²) in [5, 5.41) is 0. The van der Waals surface area contributed by atoms with Gasteiger partial charge in [-0.2, -0.15) is 0 Å². The second-order valence-corrected chi connectivity index (χ2v) is 5.50. The Kier molecular flexibility index (Phi) is 3.71. The number of carbonyl (C=O) groups excluding carboxylic acids is 1. The minimum Gasteiger partial charge on any atom is -0.339 e. The number of hydrogen-bond acceptors (Lipinski definition) is 4. The van der Waals surface area contributed by atoms with Crippen molar-refractivity contribution in [3.05, 3.63) is 32.7 Å². The highest BCUT2D eigenvalue weighted by molar-refractivity contribution is 7.17. The van der Waals surface area contributed by atoms with Crippen molar-refractivity contribution in [1.82, 2.24) is 14.3 Å². The molecule has 0 saturated carbocycles. The maximum atomic E-state index is 12.4. The number of amides is 1. The molecule has 0 unspecified atom stereocenters. The van der Waals surface area contributed by atoms with Crippen molar-refractivity contribution in [2.75, 3.05) is 13.1 Å². The molecule has 0 radical (unpaired) electrons. The zero-order valence-corrected chi connectivity index (χ0v) is 12.4. The smallest absolute Gasteiger partial charge is 0.271 e. The molecule has 0 saturated heterocycles. The van der Waals surface area contributed by atoms with Gasteiger partial charge in [0.05, 0.1) is 0 Å². The lowest BCUT2D eigenvalue weighted by Gasteiger charge is -2.17. The fraction of sp³-hybridized carbons (Fsp3) is 0.462. The molecule has 19 heavy (non-hydrogen) atoms. The zero-order valence-electron chi connectivity index (χ0n) is 11.6. The number of rotatable bonds is 3. The van der Waals surface area contributed by atoms with E-state index in [9.17, 15) is 9.59 Å². The van der Waals surface area contributed by atoms with E-state index in [2.05, 4.69) is 4.98 Å². The van der Waals surface area contributed by atoms with Crippen molar-refractivity contribution in [2.24, 2.45) is 0 Å². The molecule has 2 rings (SSSR count). The predicted molar refractivity (Wildman–Crippen MR) is 76.1 cm³/mol. The van der Waals surface area contributed by atoms with Crippen molar-refractivity contribution in [3.8, 4) is 0 Å². The van der Waals surface area contributed by atoms with Crippen LogP contribution in [0.2, 0.25) is 0 Å². The van der Waals surface area contributed by atoms with Crippen LogP contribution in [0.1, 0.15) is 34.8 Å². The number of aryl methyl sites for hydroxylation is 2. The molecule has 6 heteroatoms. The minimum absolute atomic E-state index is 0.141. The Labute approximate surface area is 115 Å². The summed E-state index contributed by atoms with van der Waals surface area (Å²) in [6.07, 6.45) is 1.40. The van der Waals surface area contributed by atoms with Crippen molar-refractivity contribution >= 4 is 22.2 Å². The van der Waals surface area contributed by atoms with Crippen LogP contribution >= 0.6 is 11.3 Å². The van der Waals surface area contributed by atoms with Crippen LogP contribution in [-0.2, 0) is 0 Å². The molecule has 2 aromatic heterocycles. The van der Waals surface area contributed by atoms with Gasteiger partial charge in [0.1, 0.15) is 5.56 Å². The van der Waals surface area contributed by atoms with Crippen LogP contribution in [0.4, 0.5) is 0 Å². The predicted octanol–water partition coefficient (Wildman–Crippen LogP) is 1.85. The Morgan fingerprint density at radius 1 is 1.37 bits per heavy atom. The molecular formula is C13H17N3O2S. The summed E-state index contributed by atoms with van der Waals surface area (Å²) in [6, 6.07) is 0. The van der Waals surface area contributed by atoms with Gasteiger partial charge in [0.2, 0.25) is 0 Å². The average Bonchev–Trinajstić information content (AvgIpc) is 2.67. The molecule has 0 spiro atoms. The number of fused-ring (bicyclic) bond motifs is 1. The molecular weight excluding hydrogens is 262 g/mol. The Hall–Kier alpha value is -1.69. The van der Waals surface area contributed by atoms with Crippen molar-refractivity contribution in [2.45, 2.75) is 27.7 Å². The fourth-order valence-corrected chi connectivity index (χ4v) is 2.93. The maximum absolute atomic E-state index is 12.4. The third-order valence-electron chi connectivity index (χ3n) is 3.30. The summed E-state index contributed by atoms with van der Waals surface area (Å²) in [6.45, 7) is 8.77. The van der Waals surface area contributed by atoms with E-state index in [-0.39, 0.29) is 17.0 Å². The maximum Gasteiger partial charge on any atom is 0.271 e. The third kappa shape index (κ3) is 2.16. The Balaban J connectivity index is 2.63. The molecule has 0 atom stereocenters. The highest BCUT2D eigenvalue weighted by atomic mass is 32.1. The summed E-state index contributed by atoms with van der Waals surface area (Å²) < 4.78 is 1.52. The van der Waals surface area contributed by atoms with Crippen LogP contribution in [0.15, 0.2) is 11.0 Å². The molecule has 1 amide bonds. The normalized spacial score (nSPS) is 10.9. The first-order chi connectivity index (χ1) is 9.01. The van der Waals surface area contributed by atoms with E-state index in [0.29, 0.717) is 18.1 Å². The van der Waals surface area contributed by atoms with Gasteiger partial charge in [0.25, 0.3) is 11.5 Å². The lowest BCUT2D eigenvalue weighted by atomic mass is 10.2. The molecule has 0 N–H and O–H groups in total. The number of aromatic nitrogens is 2. The highest BCUT2D eigenvalue weighted by Crippen LogP contribution is 2.18. The first kappa shape index (κ1) is 13.7. The van der Waals surface area contributed by atoms with Crippen molar-refractivity contribution in [1.29, 1.82) is 0 Å². The topological polar surface area (TPSA) is 54.7 Å². The van der Waals surface area contributed by atoms with Gasteiger partial charge in [-0.25, -0.2) is 4.98 Å². The van der Waals surface area contributed by atoms with Gasteiger partial charge in [-0.1, -0.05) is 0 Å². The van der Waals surface area contributed by atoms with Crippen molar-refractivity contribution < 1.29 is 4.79 Å². The van der Waals surface area contributed by atoms with Gasteiger partial charge in [-0.15, -0.1) is 11.3 Å². The van der Waals surface area contributed by atoms with E-state index < -0.39 is 0 Å². The van der Waals surface area contributed by atoms with E-state index >= 15 is 0 Å². The average molecular weight is 279 g/mol. The number of hydrogen-bond donors (Lipinski definition) is 0. The zero-order chi connectivity index (χ0) is 14.2. The lowest BCUT2D eigenvalue weighted by Crippen LogP contribution is -2.35. The SMILES string of the molecule is CCN(CC)C(=O)c1cnc2sc(C)c(C)n2c1=O. The first-order valence-electron chi connectivity index (χ1n) is 6.28. The largest absolute Gasteiger partial charge is 0.339 e. The summed E-state index contributed by atoms with van der Waals surface area (Å²) in [7, 11) is 0. The van der Waals surface area contributed by atoms with Crippen LogP contribution < -0.4 is 5.56 Å². The Morgan fingerprint density at radius 3 is 2.58 bits per heavy atom. The van der Waals surface area contributed by atoms with E-state index in [1.807, 2.05) is 27.7 Å². The van der Waals surface area contributed by atoms with Crippen LogP contribution in [0.3, 0.4) is 0 Å². The molecule has 0 aliphatic heterocycles. The van der Waals surface area contributed by atoms with Crippen LogP contribution in [0.25, 0.3) is 4.96 Å². The minimum atomic E-state index is -0.274. The van der Waals surface area contributed by atoms with Crippen LogP contribution in [-0.4, -0.2) is 33.3 Å². The molecule has 2 heterocycles. The summed E-state index contributed by atoms with van der Waals surface area (Å²) in [4.78, 5) is 32.2. The van der Waals surface area contributed by atoms with Crippen LogP contribution in [0, 0.1) is 13.8 Å². The second-order valence-electron chi connectivity index (χ2n) is 4.32. The molecule has 0 aliphatic carbocycles.